The molecule has 0 bridgehead atoms. The van der Waals surface area contributed by atoms with Gasteiger partial charge in [-0.2, -0.15) is 10.1 Å². The van der Waals surface area contributed by atoms with Crippen LogP contribution in [0.15, 0.2) is 42.2 Å². The van der Waals surface area contributed by atoms with Crippen molar-refractivity contribution in [1.29, 1.82) is 0 Å². The summed E-state index contributed by atoms with van der Waals surface area (Å²) < 4.78 is 1.72. The van der Waals surface area contributed by atoms with Gasteiger partial charge in [0.05, 0.1) is 21.6 Å². The normalized spacial score (nSPS) is 13.9. The van der Waals surface area contributed by atoms with Crippen LogP contribution in [0.25, 0.3) is 16.7 Å². The number of nitrogen functional groups attached to an aromatic ring is 1. The summed E-state index contributed by atoms with van der Waals surface area (Å²) >= 11 is 1.42. The molecule has 0 fully saturated rings. The highest BCUT2D eigenvalue weighted by Gasteiger charge is 2.28. The van der Waals surface area contributed by atoms with Gasteiger partial charge in [0.2, 0.25) is 5.95 Å². The van der Waals surface area contributed by atoms with Crippen molar-refractivity contribution in [3.05, 3.63) is 58.3 Å². The van der Waals surface area contributed by atoms with Crippen molar-refractivity contribution in [3.8, 4) is 5.82 Å². The first kappa shape index (κ1) is 15.7. The van der Waals surface area contributed by atoms with Crippen molar-refractivity contribution in [2.75, 3.05) is 5.73 Å². The Morgan fingerprint density at radius 3 is 2.84 bits per heavy atom. The van der Waals surface area contributed by atoms with Crippen LogP contribution in [0.1, 0.15) is 23.1 Å². The van der Waals surface area contributed by atoms with E-state index in [1.165, 1.54) is 11.3 Å². The number of rotatable bonds is 3. The molecule has 0 saturated carbocycles. The van der Waals surface area contributed by atoms with E-state index in [0.29, 0.717) is 5.82 Å². The third-order valence-corrected chi connectivity index (χ3v) is 5.20. The molecule has 0 radical (unpaired) electrons. The summed E-state index contributed by atoms with van der Waals surface area (Å²) in [6.07, 6.45) is 3.28. The first-order valence-corrected chi connectivity index (χ1v) is 8.55. The van der Waals surface area contributed by atoms with Gasteiger partial charge in [-0.15, -0.1) is 11.3 Å². The molecule has 25 heavy (non-hydrogen) atoms. The van der Waals surface area contributed by atoms with Crippen LogP contribution in [0.4, 0.5) is 5.95 Å². The number of hydrogen-bond donors (Lipinski definition) is 2. The standard InChI is InChI=1S/C17H16N6OS/c1-10-12-4-3-11(17(2,24)14-8-19-9-25-14)7-13(12)23(22-10)15-5-6-20-16(18)21-15/h3-9,24H,1-2H3,(H2,18,20,21). The zero-order valence-electron chi connectivity index (χ0n) is 13.7. The molecule has 1 unspecified atom stereocenters. The second-order valence-corrected chi connectivity index (χ2v) is 6.83. The van der Waals surface area contributed by atoms with E-state index in [-0.39, 0.29) is 5.95 Å². The molecular weight excluding hydrogens is 336 g/mol. The maximum absolute atomic E-state index is 11.0. The first-order chi connectivity index (χ1) is 12.0. The predicted molar refractivity (Wildman–Crippen MR) is 96.6 cm³/mol. The Balaban J connectivity index is 1.92. The van der Waals surface area contributed by atoms with Gasteiger partial charge in [-0.05, 0) is 25.5 Å². The van der Waals surface area contributed by atoms with E-state index in [9.17, 15) is 5.11 Å². The average molecular weight is 352 g/mol. The van der Waals surface area contributed by atoms with Crippen LogP contribution in [0.5, 0.6) is 0 Å². The lowest BCUT2D eigenvalue weighted by Gasteiger charge is -2.22. The average Bonchev–Trinajstić information content (AvgIpc) is 3.23. The zero-order chi connectivity index (χ0) is 17.6. The summed E-state index contributed by atoms with van der Waals surface area (Å²) in [6, 6.07) is 7.54. The number of nitrogens with zero attached hydrogens (tertiary/aromatic N) is 5. The number of aryl methyl sites for hydroxylation is 1. The zero-order valence-corrected chi connectivity index (χ0v) is 14.5. The molecule has 1 aromatic carbocycles. The molecule has 0 amide bonds. The molecular formula is C17H16N6OS. The monoisotopic (exact) mass is 352 g/mol. The van der Waals surface area contributed by atoms with Crippen molar-refractivity contribution in [3.63, 3.8) is 0 Å². The number of aliphatic hydroxyl groups is 1. The number of anilines is 1. The molecule has 7 nitrogen and oxygen atoms in total. The van der Waals surface area contributed by atoms with Crippen molar-refractivity contribution in [2.24, 2.45) is 0 Å². The Hall–Kier alpha value is -2.84. The van der Waals surface area contributed by atoms with Gasteiger partial charge in [0.25, 0.3) is 0 Å². The predicted octanol–water partition coefficient (Wildman–Crippen LogP) is 2.42. The summed E-state index contributed by atoms with van der Waals surface area (Å²) in [5, 5.41) is 16.6. The van der Waals surface area contributed by atoms with Crippen molar-refractivity contribution < 1.29 is 5.11 Å². The number of hydrogen-bond acceptors (Lipinski definition) is 7. The summed E-state index contributed by atoms with van der Waals surface area (Å²) in [5.74, 6) is 0.770. The Morgan fingerprint density at radius 1 is 1.28 bits per heavy atom. The van der Waals surface area contributed by atoms with Gasteiger partial charge >= 0.3 is 0 Å². The van der Waals surface area contributed by atoms with E-state index in [0.717, 1.165) is 27.0 Å². The van der Waals surface area contributed by atoms with Crippen molar-refractivity contribution >= 4 is 28.2 Å². The SMILES string of the molecule is Cc1nn(-c2ccnc(N)n2)c2cc(C(C)(O)c3cncs3)ccc12. The molecule has 0 spiro atoms. The van der Waals surface area contributed by atoms with Gasteiger partial charge in [-0.1, -0.05) is 12.1 Å². The molecule has 0 aliphatic carbocycles. The second-order valence-electron chi connectivity index (χ2n) is 5.94. The third kappa shape index (κ3) is 2.55. The largest absolute Gasteiger partial charge is 0.380 e. The Labute approximate surface area is 147 Å². The smallest absolute Gasteiger partial charge is 0.221 e. The summed E-state index contributed by atoms with van der Waals surface area (Å²) in [4.78, 5) is 13.0. The fourth-order valence-corrected chi connectivity index (χ4v) is 3.53. The number of fused-ring (bicyclic) bond motifs is 1. The van der Waals surface area contributed by atoms with Gasteiger partial charge in [0, 0.05) is 23.8 Å². The summed E-state index contributed by atoms with van der Waals surface area (Å²) in [5.41, 5.74) is 8.75. The van der Waals surface area contributed by atoms with Gasteiger partial charge in [0.15, 0.2) is 5.82 Å². The third-order valence-electron chi connectivity index (χ3n) is 4.22. The lowest BCUT2D eigenvalue weighted by atomic mass is 9.94. The molecule has 3 heterocycles. The Bertz CT molecular complexity index is 1050. The van der Waals surface area contributed by atoms with Crippen LogP contribution in [0.2, 0.25) is 0 Å². The van der Waals surface area contributed by atoms with E-state index in [2.05, 4.69) is 20.1 Å². The fraction of sp³-hybridized carbons (Fsp3) is 0.176. The molecule has 1 atom stereocenters. The number of benzene rings is 1. The van der Waals surface area contributed by atoms with Crippen molar-refractivity contribution in [2.45, 2.75) is 19.4 Å². The van der Waals surface area contributed by atoms with E-state index >= 15 is 0 Å². The molecule has 3 N–H and O–H groups in total. The topological polar surface area (TPSA) is 103 Å². The molecule has 0 aliphatic heterocycles. The maximum Gasteiger partial charge on any atom is 0.221 e. The van der Waals surface area contributed by atoms with E-state index in [1.807, 2.05) is 25.1 Å². The molecule has 0 saturated heterocycles. The van der Waals surface area contributed by atoms with Crippen molar-refractivity contribution in [1.82, 2.24) is 24.7 Å². The van der Waals surface area contributed by atoms with E-state index < -0.39 is 5.60 Å². The fourth-order valence-electron chi connectivity index (χ4n) is 2.83. The van der Waals surface area contributed by atoms with E-state index in [1.54, 1.807) is 35.6 Å². The Kier molecular flexibility index (Phi) is 3.52. The van der Waals surface area contributed by atoms with Crippen LogP contribution in [-0.4, -0.2) is 29.8 Å². The van der Waals surface area contributed by atoms with Crippen LogP contribution in [-0.2, 0) is 5.60 Å². The van der Waals surface area contributed by atoms with Gasteiger partial charge in [-0.3, -0.25) is 4.98 Å². The maximum atomic E-state index is 11.0. The highest BCUT2D eigenvalue weighted by molar-refractivity contribution is 7.09. The molecule has 8 heteroatoms. The highest BCUT2D eigenvalue weighted by atomic mass is 32.1. The highest BCUT2D eigenvalue weighted by Crippen LogP contribution is 2.34. The molecule has 4 aromatic rings. The van der Waals surface area contributed by atoms with Crippen LogP contribution in [0, 0.1) is 6.92 Å². The summed E-state index contributed by atoms with van der Waals surface area (Å²) in [6.45, 7) is 3.70. The molecule has 3 aromatic heterocycles. The van der Waals surface area contributed by atoms with Crippen LogP contribution in [0.3, 0.4) is 0 Å². The second kappa shape index (κ2) is 5.61. The van der Waals surface area contributed by atoms with Gasteiger partial charge in [0.1, 0.15) is 5.60 Å². The summed E-state index contributed by atoms with van der Waals surface area (Å²) in [7, 11) is 0. The minimum absolute atomic E-state index is 0.187. The van der Waals surface area contributed by atoms with Crippen LogP contribution >= 0.6 is 11.3 Å². The molecule has 0 aliphatic rings. The number of thiazole rings is 1. The van der Waals surface area contributed by atoms with Crippen LogP contribution < -0.4 is 5.73 Å². The van der Waals surface area contributed by atoms with Gasteiger partial charge < -0.3 is 10.8 Å². The van der Waals surface area contributed by atoms with Gasteiger partial charge in [-0.25, -0.2) is 9.67 Å². The number of nitrogens with two attached hydrogens (primary N) is 1. The quantitative estimate of drug-likeness (QED) is 0.587. The number of aromatic nitrogens is 5. The lowest BCUT2D eigenvalue weighted by molar-refractivity contribution is 0.106. The molecule has 4 rings (SSSR count). The first-order valence-electron chi connectivity index (χ1n) is 7.67. The Morgan fingerprint density at radius 2 is 2.12 bits per heavy atom. The van der Waals surface area contributed by atoms with E-state index in [4.69, 9.17) is 5.73 Å². The lowest BCUT2D eigenvalue weighted by Crippen LogP contribution is -2.21. The minimum atomic E-state index is -1.14. The minimum Gasteiger partial charge on any atom is -0.380 e. The molecule has 126 valence electrons.